The lowest BCUT2D eigenvalue weighted by Gasteiger charge is -2.26. The van der Waals surface area contributed by atoms with Crippen molar-refractivity contribution in [3.63, 3.8) is 0 Å². The van der Waals surface area contributed by atoms with Crippen LogP contribution in [0.25, 0.3) is 16.5 Å². The summed E-state index contributed by atoms with van der Waals surface area (Å²) in [5, 5.41) is 13.2. The molecule has 0 aromatic heterocycles. The fourth-order valence-electron chi connectivity index (χ4n) is 4.74. The van der Waals surface area contributed by atoms with Gasteiger partial charge in [0.2, 0.25) is 0 Å². The first-order valence-corrected chi connectivity index (χ1v) is 11.6. The van der Waals surface area contributed by atoms with E-state index in [0.717, 1.165) is 10.8 Å². The Kier molecular flexibility index (Phi) is 6.19. The number of Topliss-reactive ketones (excluding diaryl/α,β-unsaturated/α-hetero) is 1. The molecule has 1 amide bonds. The number of fused-ring (bicyclic) bond motifs is 1. The van der Waals surface area contributed by atoms with Crippen molar-refractivity contribution in [1.29, 1.82) is 0 Å². The lowest BCUT2D eigenvalue weighted by Crippen LogP contribution is -2.29. The molecule has 0 spiro atoms. The minimum atomic E-state index is -0.973. The molecule has 184 valence electrons. The standard InChI is InChI=1S/C30H23NO6/c1-36-24-13-6-5-11-23(24)26-25(27(32)22-12-7-9-18-8-3-4-10-21(18)22)28(33)29(34)31(26)20-16-14-19(15-17-20)30(35)37-2/h3-17,26,32H,1-2H3/b27-25+. The van der Waals surface area contributed by atoms with E-state index in [1.54, 1.807) is 48.5 Å². The summed E-state index contributed by atoms with van der Waals surface area (Å²) >= 11 is 0. The predicted octanol–water partition coefficient (Wildman–Crippen LogP) is 5.26. The molecule has 7 nitrogen and oxygen atoms in total. The quantitative estimate of drug-likeness (QED) is 0.176. The Labute approximate surface area is 213 Å². The molecule has 37 heavy (non-hydrogen) atoms. The van der Waals surface area contributed by atoms with Crippen molar-refractivity contribution in [1.82, 2.24) is 0 Å². The third kappa shape index (κ3) is 4.00. The molecule has 0 bridgehead atoms. The summed E-state index contributed by atoms with van der Waals surface area (Å²) in [4.78, 5) is 40.2. The monoisotopic (exact) mass is 493 g/mol. The van der Waals surface area contributed by atoms with Gasteiger partial charge in [-0.1, -0.05) is 60.7 Å². The van der Waals surface area contributed by atoms with Crippen LogP contribution in [0.3, 0.4) is 0 Å². The van der Waals surface area contributed by atoms with E-state index in [1.165, 1.54) is 31.3 Å². The van der Waals surface area contributed by atoms with Gasteiger partial charge in [0.15, 0.2) is 0 Å². The van der Waals surface area contributed by atoms with Gasteiger partial charge >= 0.3 is 5.97 Å². The lowest BCUT2D eigenvalue weighted by molar-refractivity contribution is -0.132. The zero-order valence-electron chi connectivity index (χ0n) is 20.2. The molecule has 1 aliphatic rings. The summed E-state index contributed by atoms with van der Waals surface area (Å²) in [6.45, 7) is 0. The maximum Gasteiger partial charge on any atom is 0.337 e. The van der Waals surface area contributed by atoms with Crippen LogP contribution < -0.4 is 9.64 Å². The first-order valence-electron chi connectivity index (χ1n) is 11.6. The number of rotatable bonds is 5. The smallest absolute Gasteiger partial charge is 0.337 e. The number of ether oxygens (including phenoxy) is 2. The average Bonchev–Trinajstić information content (AvgIpc) is 3.21. The number of anilines is 1. The van der Waals surface area contributed by atoms with Crippen LogP contribution in [0.15, 0.2) is 96.6 Å². The van der Waals surface area contributed by atoms with Gasteiger partial charge in [0.1, 0.15) is 11.5 Å². The van der Waals surface area contributed by atoms with Crippen molar-refractivity contribution in [2.45, 2.75) is 6.04 Å². The van der Waals surface area contributed by atoms with E-state index in [0.29, 0.717) is 28.1 Å². The van der Waals surface area contributed by atoms with Crippen molar-refractivity contribution < 1.29 is 29.0 Å². The summed E-state index contributed by atoms with van der Waals surface area (Å²) in [6, 6.07) is 25.1. The number of para-hydroxylation sites is 1. The number of nitrogens with zero attached hydrogens (tertiary/aromatic N) is 1. The maximum absolute atomic E-state index is 13.5. The second kappa shape index (κ2) is 9.62. The van der Waals surface area contributed by atoms with Gasteiger partial charge in [-0.25, -0.2) is 4.79 Å². The zero-order chi connectivity index (χ0) is 26.1. The van der Waals surface area contributed by atoms with Crippen LogP contribution in [-0.4, -0.2) is 37.0 Å². The highest BCUT2D eigenvalue weighted by molar-refractivity contribution is 6.52. The van der Waals surface area contributed by atoms with Crippen LogP contribution in [-0.2, 0) is 14.3 Å². The molecule has 1 fully saturated rings. The number of methoxy groups -OCH3 is 2. The van der Waals surface area contributed by atoms with Crippen molar-refractivity contribution in [2.75, 3.05) is 19.1 Å². The number of amides is 1. The summed E-state index contributed by atoms with van der Waals surface area (Å²) in [6.07, 6.45) is 0. The van der Waals surface area contributed by atoms with Crippen LogP contribution >= 0.6 is 0 Å². The highest BCUT2D eigenvalue weighted by Gasteiger charge is 2.48. The number of hydrogen-bond donors (Lipinski definition) is 1. The van der Waals surface area contributed by atoms with Crippen LogP contribution in [0.5, 0.6) is 5.75 Å². The maximum atomic E-state index is 13.5. The van der Waals surface area contributed by atoms with Gasteiger partial charge in [0.05, 0.1) is 31.4 Å². The summed E-state index contributed by atoms with van der Waals surface area (Å²) < 4.78 is 10.3. The van der Waals surface area contributed by atoms with Crippen LogP contribution in [0.1, 0.15) is 27.5 Å². The SMILES string of the molecule is COC(=O)c1ccc(N2C(=O)C(=O)/C(=C(/O)c3cccc4ccccc34)C2c2ccccc2OC)cc1. The lowest BCUT2D eigenvalue weighted by atomic mass is 9.92. The van der Waals surface area contributed by atoms with Crippen molar-refractivity contribution >= 4 is 39.9 Å². The van der Waals surface area contributed by atoms with Gasteiger partial charge in [-0.2, -0.15) is 0 Å². The molecule has 4 aromatic carbocycles. The van der Waals surface area contributed by atoms with E-state index in [-0.39, 0.29) is 11.3 Å². The van der Waals surface area contributed by atoms with Crippen LogP contribution in [0.2, 0.25) is 0 Å². The molecule has 0 aliphatic carbocycles. The zero-order valence-corrected chi connectivity index (χ0v) is 20.2. The number of carbonyl (C=O) groups excluding carboxylic acids is 3. The van der Waals surface area contributed by atoms with Crippen LogP contribution in [0.4, 0.5) is 5.69 Å². The normalized spacial score (nSPS) is 16.7. The number of aliphatic hydroxyl groups excluding tert-OH is 1. The molecule has 1 atom stereocenters. The summed E-state index contributed by atoms with van der Waals surface area (Å²) in [5.41, 5.74) is 1.60. The highest BCUT2D eigenvalue weighted by atomic mass is 16.5. The van der Waals surface area contributed by atoms with Crippen molar-refractivity contribution in [3.05, 3.63) is 113 Å². The Hall–Kier alpha value is -4.91. The number of benzene rings is 4. The Morgan fingerprint density at radius 2 is 1.51 bits per heavy atom. The van der Waals surface area contributed by atoms with E-state index in [4.69, 9.17) is 9.47 Å². The van der Waals surface area contributed by atoms with E-state index in [1.807, 2.05) is 30.3 Å². The minimum absolute atomic E-state index is 0.0529. The van der Waals surface area contributed by atoms with E-state index in [9.17, 15) is 19.5 Å². The topological polar surface area (TPSA) is 93.1 Å². The fourth-order valence-corrected chi connectivity index (χ4v) is 4.74. The number of esters is 1. The Morgan fingerprint density at radius 1 is 0.838 bits per heavy atom. The van der Waals surface area contributed by atoms with Crippen molar-refractivity contribution in [2.24, 2.45) is 0 Å². The van der Waals surface area contributed by atoms with Gasteiger partial charge in [-0.3, -0.25) is 14.5 Å². The molecule has 0 radical (unpaired) electrons. The van der Waals surface area contributed by atoms with Gasteiger partial charge in [0, 0.05) is 16.8 Å². The second-order valence-corrected chi connectivity index (χ2v) is 8.48. The first-order chi connectivity index (χ1) is 18.0. The fraction of sp³-hybridized carbons (Fsp3) is 0.100. The average molecular weight is 494 g/mol. The number of aliphatic hydroxyl groups is 1. The van der Waals surface area contributed by atoms with E-state index < -0.39 is 23.7 Å². The third-order valence-electron chi connectivity index (χ3n) is 6.49. The molecule has 7 heteroatoms. The molecule has 4 aromatic rings. The summed E-state index contributed by atoms with van der Waals surface area (Å²) in [5.74, 6) is -1.97. The molecular formula is C30H23NO6. The molecule has 1 unspecified atom stereocenters. The first kappa shape index (κ1) is 23.8. The molecular weight excluding hydrogens is 470 g/mol. The van der Waals surface area contributed by atoms with Gasteiger partial charge < -0.3 is 14.6 Å². The molecule has 1 heterocycles. The predicted molar refractivity (Wildman–Crippen MR) is 140 cm³/mol. The Bertz CT molecular complexity index is 1570. The number of ketones is 1. The van der Waals surface area contributed by atoms with Gasteiger partial charge in [0.25, 0.3) is 11.7 Å². The van der Waals surface area contributed by atoms with Crippen molar-refractivity contribution in [3.8, 4) is 5.75 Å². The summed E-state index contributed by atoms with van der Waals surface area (Å²) in [7, 11) is 2.78. The third-order valence-corrected chi connectivity index (χ3v) is 6.49. The number of hydrogen-bond acceptors (Lipinski definition) is 6. The van der Waals surface area contributed by atoms with Gasteiger partial charge in [-0.15, -0.1) is 0 Å². The Morgan fingerprint density at radius 3 is 2.24 bits per heavy atom. The minimum Gasteiger partial charge on any atom is -0.507 e. The molecule has 0 saturated carbocycles. The molecule has 5 rings (SSSR count). The number of carbonyl (C=O) groups is 3. The molecule has 1 N–H and O–H groups in total. The molecule has 1 saturated heterocycles. The van der Waals surface area contributed by atoms with E-state index >= 15 is 0 Å². The highest BCUT2D eigenvalue weighted by Crippen LogP contribution is 2.45. The van der Waals surface area contributed by atoms with Crippen LogP contribution in [0, 0.1) is 0 Å². The Balaban J connectivity index is 1.75. The largest absolute Gasteiger partial charge is 0.507 e. The van der Waals surface area contributed by atoms with E-state index in [2.05, 4.69) is 0 Å². The van der Waals surface area contributed by atoms with Gasteiger partial charge in [-0.05, 0) is 41.1 Å². The molecule has 1 aliphatic heterocycles. The second-order valence-electron chi connectivity index (χ2n) is 8.48.